The Bertz CT molecular complexity index is 477. The standard InChI is InChI=1S/C16H25N3O/c1-12-11-20-8-7-19(12)16(10-17)13-3-4-15-14(9-13)5-6-18(15)2/h3-4,9,12,16H,5-8,10-11,17H2,1-2H3. The summed E-state index contributed by atoms with van der Waals surface area (Å²) < 4.78 is 5.54. The van der Waals surface area contributed by atoms with E-state index in [-0.39, 0.29) is 0 Å². The van der Waals surface area contributed by atoms with Crippen LogP contribution in [0, 0.1) is 0 Å². The number of nitrogens with two attached hydrogens (primary N) is 1. The summed E-state index contributed by atoms with van der Waals surface area (Å²) in [6, 6.07) is 7.61. The molecule has 0 radical (unpaired) electrons. The van der Waals surface area contributed by atoms with Crippen molar-refractivity contribution in [1.82, 2.24) is 4.90 Å². The van der Waals surface area contributed by atoms with E-state index < -0.39 is 0 Å². The number of likely N-dealkylation sites (N-methyl/N-ethyl adjacent to an activating group) is 1. The number of ether oxygens (including phenoxy) is 1. The third kappa shape index (κ3) is 2.43. The van der Waals surface area contributed by atoms with Crippen molar-refractivity contribution < 1.29 is 4.74 Å². The number of morpholine rings is 1. The van der Waals surface area contributed by atoms with Gasteiger partial charge in [0.2, 0.25) is 0 Å². The van der Waals surface area contributed by atoms with Gasteiger partial charge in [0.25, 0.3) is 0 Å². The molecule has 4 heteroatoms. The minimum atomic E-state index is 0.310. The first kappa shape index (κ1) is 13.9. The molecule has 0 amide bonds. The predicted octanol–water partition coefficient (Wildman–Crippen LogP) is 1.40. The van der Waals surface area contributed by atoms with Crippen molar-refractivity contribution in [3.63, 3.8) is 0 Å². The van der Waals surface area contributed by atoms with Gasteiger partial charge in [-0.3, -0.25) is 4.90 Å². The molecule has 2 N–H and O–H groups in total. The van der Waals surface area contributed by atoms with Crippen molar-refractivity contribution in [3.05, 3.63) is 29.3 Å². The highest BCUT2D eigenvalue weighted by atomic mass is 16.5. The Labute approximate surface area is 121 Å². The number of hydrogen-bond donors (Lipinski definition) is 1. The summed E-state index contributed by atoms with van der Waals surface area (Å²) in [4.78, 5) is 4.82. The first-order valence-corrected chi connectivity index (χ1v) is 7.58. The van der Waals surface area contributed by atoms with E-state index in [1.54, 1.807) is 0 Å². The van der Waals surface area contributed by atoms with Gasteiger partial charge < -0.3 is 15.4 Å². The second-order valence-corrected chi connectivity index (χ2v) is 5.97. The van der Waals surface area contributed by atoms with Crippen molar-refractivity contribution in [1.29, 1.82) is 0 Å². The molecule has 0 bridgehead atoms. The van der Waals surface area contributed by atoms with E-state index >= 15 is 0 Å². The molecule has 2 heterocycles. The fourth-order valence-corrected chi connectivity index (χ4v) is 3.46. The maximum absolute atomic E-state index is 6.08. The van der Waals surface area contributed by atoms with Gasteiger partial charge in [0.05, 0.1) is 13.2 Å². The average molecular weight is 275 g/mol. The van der Waals surface area contributed by atoms with E-state index in [1.807, 2.05) is 0 Å². The van der Waals surface area contributed by atoms with Crippen LogP contribution in [-0.2, 0) is 11.2 Å². The number of anilines is 1. The van der Waals surface area contributed by atoms with Crippen LogP contribution in [0.3, 0.4) is 0 Å². The van der Waals surface area contributed by atoms with Gasteiger partial charge in [-0.15, -0.1) is 0 Å². The first-order valence-electron chi connectivity index (χ1n) is 7.58. The molecule has 1 aromatic carbocycles. The van der Waals surface area contributed by atoms with Crippen LogP contribution >= 0.6 is 0 Å². The van der Waals surface area contributed by atoms with Crippen molar-refractivity contribution in [2.45, 2.75) is 25.4 Å². The molecule has 0 saturated carbocycles. The molecule has 0 aromatic heterocycles. The third-order valence-electron chi connectivity index (χ3n) is 4.66. The minimum absolute atomic E-state index is 0.310. The second kappa shape index (κ2) is 5.72. The Kier molecular flexibility index (Phi) is 3.96. The molecule has 1 saturated heterocycles. The van der Waals surface area contributed by atoms with Gasteiger partial charge in [0, 0.05) is 44.5 Å². The van der Waals surface area contributed by atoms with Gasteiger partial charge in [0.1, 0.15) is 0 Å². The van der Waals surface area contributed by atoms with E-state index in [1.165, 1.54) is 16.8 Å². The van der Waals surface area contributed by atoms with Gasteiger partial charge in [0.15, 0.2) is 0 Å². The van der Waals surface area contributed by atoms with E-state index in [4.69, 9.17) is 10.5 Å². The Morgan fingerprint density at radius 1 is 1.40 bits per heavy atom. The number of fused-ring (bicyclic) bond motifs is 1. The summed E-state index contributed by atoms with van der Waals surface area (Å²) in [5, 5.41) is 0. The minimum Gasteiger partial charge on any atom is -0.379 e. The van der Waals surface area contributed by atoms with E-state index in [2.05, 4.69) is 42.0 Å². The molecule has 110 valence electrons. The SMILES string of the molecule is CC1COCCN1C(CN)c1ccc2c(c1)CCN2C. The molecule has 2 unspecified atom stereocenters. The zero-order valence-corrected chi connectivity index (χ0v) is 12.5. The Hall–Kier alpha value is -1.10. The lowest BCUT2D eigenvalue weighted by Gasteiger charge is -2.39. The normalized spacial score (nSPS) is 24.8. The van der Waals surface area contributed by atoms with Crippen LogP contribution in [0.4, 0.5) is 5.69 Å². The lowest BCUT2D eigenvalue weighted by atomic mass is 9.99. The lowest BCUT2D eigenvalue weighted by Crippen LogP contribution is -2.47. The van der Waals surface area contributed by atoms with Crippen molar-refractivity contribution >= 4 is 5.69 Å². The summed E-state index contributed by atoms with van der Waals surface area (Å²) in [7, 11) is 2.16. The molecule has 3 rings (SSSR count). The Morgan fingerprint density at radius 3 is 3.00 bits per heavy atom. The summed E-state index contributed by atoms with van der Waals surface area (Å²) >= 11 is 0. The number of nitrogens with zero attached hydrogens (tertiary/aromatic N) is 2. The van der Waals surface area contributed by atoms with Gasteiger partial charge in [-0.05, 0) is 30.5 Å². The lowest BCUT2D eigenvalue weighted by molar-refractivity contribution is -0.0209. The molecule has 0 spiro atoms. The zero-order chi connectivity index (χ0) is 14.1. The molecule has 2 atom stereocenters. The average Bonchev–Trinajstić information content (AvgIpc) is 2.83. The highest BCUT2D eigenvalue weighted by Gasteiger charge is 2.27. The summed E-state index contributed by atoms with van der Waals surface area (Å²) in [5.41, 5.74) is 10.3. The maximum atomic E-state index is 6.08. The van der Waals surface area contributed by atoms with Gasteiger partial charge in [-0.1, -0.05) is 12.1 Å². The smallest absolute Gasteiger partial charge is 0.0620 e. The first-order chi connectivity index (χ1) is 9.70. The van der Waals surface area contributed by atoms with E-state index in [0.717, 1.165) is 32.7 Å². The molecular formula is C16H25N3O. The van der Waals surface area contributed by atoms with Crippen LogP contribution in [0.5, 0.6) is 0 Å². The maximum Gasteiger partial charge on any atom is 0.0620 e. The predicted molar refractivity (Wildman–Crippen MR) is 82.2 cm³/mol. The molecular weight excluding hydrogens is 250 g/mol. The van der Waals surface area contributed by atoms with Crippen molar-refractivity contribution in [3.8, 4) is 0 Å². The zero-order valence-electron chi connectivity index (χ0n) is 12.5. The molecule has 2 aliphatic heterocycles. The van der Waals surface area contributed by atoms with E-state index in [0.29, 0.717) is 18.6 Å². The highest BCUT2D eigenvalue weighted by Crippen LogP contribution is 2.31. The van der Waals surface area contributed by atoms with Gasteiger partial charge in [-0.2, -0.15) is 0 Å². The number of benzene rings is 1. The van der Waals surface area contributed by atoms with Crippen molar-refractivity contribution in [2.24, 2.45) is 5.73 Å². The highest BCUT2D eigenvalue weighted by molar-refractivity contribution is 5.58. The van der Waals surface area contributed by atoms with Crippen LogP contribution in [0.15, 0.2) is 18.2 Å². The Balaban J connectivity index is 1.86. The fraction of sp³-hybridized carbons (Fsp3) is 0.625. The fourth-order valence-electron chi connectivity index (χ4n) is 3.46. The van der Waals surface area contributed by atoms with Gasteiger partial charge in [-0.25, -0.2) is 0 Å². The molecule has 0 aliphatic carbocycles. The quantitative estimate of drug-likeness (QED) is 0.905. The molecule has 2 aliphatic rings. The number of hydrogen-bond acceptors (Lipinski definition) is 4. The molecule has 4 nitrogen and oxygen atoms in total. The second-order valence-electron chi connectivity index (χ2n) is 5.97. The van der Waals surface area contributed by atoms with Crippen LogP contribution in [0.2, 0.25) is 0 Å². The van der Waals surface area contributed by atoms with Crippen molar-refractivity contribution in [2.75, 3.05) is 44.8 Å². The van der Waals surface area contributed by atoms with Crippen LogP contribution in [0.1, 0.15) is 24.1 Å². The molecule has 1 fully saturated rings. The summed E-state index contributed by atoms with van der Waals surface area (Å²) in [6.07, 6.45) is 1.15. The third-order valence-corrected chi connectivity index (χ3v) is 4.66. The largest absolute Gasteiger partial charge is 0.379 e. The Morgan fingerprint density at radius 2 is 2.25 bits per heavy atom. The van der Waals surface area contributed by atoms with Crippen LogP contribution in [-0.4, -0.2) is 50.8 Å². The number of rotatable bonds is 3. The topological polar surface area (TPSA) is 41.7 Å². The summed E-state index contributed by atoms with van der Waals surface area (Å²) in [6.45, 7) is 6.61. The van der Waals surface area contributed by atoms with Crippen LogP contribution in [0.25, 0.3) is 0 Å². The van der Waals surface area contributed by atoms with Crippen LogP contribution < -0.4 is 10.6 Å². The molecule has 20 heavy (non-hydrogen) atoms. The summed E-state index contributed by atoms with van der Waals surface area (Å²) in [5.74, 6) is 0. The molecule has 1 aromatic rings. The van der Waals surface area contributed by atoms with E-state index in [9.17, 15) is 0 Å². The monoisotopic (exact) mass is 275 g/mol. The van der Waals surface area contributed by atoms with Gasteiger partial charge >= 0.3 is 0 Å².